The van der Waals surface area contributed by atoms with Crippen molar-refractivity contribution in [1.29, 1.82) is 0 Å². The highest BCUT2D eigenvalue weighted by molar-refractivity contribution is 5.96. The van der Waals surface area contributed by atoms with Crippen LogP contribution in [0, 0.1) is 0 Å². The average Bonchev–Trinajstić information content (AvgIpc) is 3.37. The Morgan fingerprint density at radius 1 is 1.00 bits per heavy atom. The fourth-order valence-electron chi connectivity index (χ4n) is 4.88. The van der Waals surface area contributed by atoms with Gasteiger partial charge in [0.05, 0.1) is 12.0 Å². The van der Waals surface area contributed by atoms with E-state index >= 15 is 0 Å². The van der Waals surface area contributed by atoms with E-state index in [-0.39, 0.29) is 29.3 Å². The Labute approximate surface area is 208 Å². The number of aromatic hydroxyl groups is 2. The first-order valence-electron chi connectivity index (χ1n) is 12.9. The van der Waals surface area contributed by atoms with Crippen molar-refractivity contribution >= 4 is 16.6 Å². The predicted octanol–water partition coefficient (Wildman–Crippen LogP) is 7.60. The number of phenols is 2. The van der Waals surface area contributed by atoms with Crippen LogP contribution in [0.1, 0.15) is 75.3 Å². The molecule has 1 saturated carbocycles. The molecule has 0 unspecified atom stereocenters. The number of ether oxygens (including phenoxy) is 1. The molecular formula is C31H36O4. The Bertz CT molecular complexity index is 1170. The number of ketones is 1. The summed E-state index contributed by atoms with van der Waals surface area (Å²) < 4.78 is 6.09. The van der Waals surface area contributed by atoms with Crippen LogP contribution >= 0.6 is 0 Å². The van der Waals surface area contributed by atoms with Gasteiger partial charge in [0.2, 0.25) is 0 Å². The molecule has 2 N–H and O–H groups in total. The number of unbranched alkanes of at least 4 members (excludes halogenated alkanes) is 3. The Hall–Kier alpha value is -3.27. The highest BCUT2D eigenvalue weighted by atomic mass is 16.5. The number of hydrogen-bond acceptors (Lipinski definition) is 4. The molecule has 0 spiro atoms. The molecular weight excluding hydrogens is 436 g/mol. The van der Waals surface area contributed by atoms with E-state index < -0.39 is 0 Å². The molecule has 0 aliphatic heterocycles. The number of hydrogen-bond donors (Lipinski definition) is 2. The summed E-state index contributed by atoms with van der Waals surface area (Å²) in [6, 6.07) is 16.7. The van der Waals surface area contributed by atoms with Crippen LogP contribution in [0.2, 0.25) is 0 Å². The zero-order chi connectivity index (χ0) is 24.6. The van der Waals surface area contributed by atoms with E-state index in [4.69, 9.17) is 4.74 Å². The normalized spacial score (nSPS) is 15.1. The van der Waals surface area contributed by atoms with E-state index in [1.807, 2.05) is 42.5 Å². The molecule has 4 rings (SSSR count). The maximum atomic E-state index is 13.4. The second-order valence-electron chi connectivity index (χ2n) is 9.67. The Morgan fingerprint density at radius 3 is 2.60 bits per heavy atom. The van der Waals surface area contributed by atoms with Gasteiger partial charge >= 0.3 is 0 Å². The molecule has 35 heavy (non-hydrogen) atoms. The van der Waals surface area contributed by atoms with Crippen LogP contribution < -0.4 is 4.74 Å². The van der Waals surface area contributed by atoms with Crippen LogP contribution in [-0.2, 0) is 11.2 Å². The largest absolute Gasteiger partial charge is 0.508 e. The van der Waals surface area contributed by atoms with Gasteiger partial charge in [-0.05, 0) is 97.2 Å². The lowest BCUT2D eigenvalue weighted by Crippen LogP contribution is -2.14. The Balaban J connectivity index is 1.61. The van der Waals surface area contributed by atoms with Gasteiger partial charge in [-0.15, -0.1) is 0 Å². The fourth-order valence-corrected chi connectivity index (χ4v) is 4.88. The van der Waals surface area contributed by atoms with E-state index in [1.54, 1.807) is 24.3 Å². The van der Waals surface area contributed by atoms with Crippen LogP contribution in [0.3, 0.4) is 0 Å². The predicted molar refractivity (Wildman–Crippen MR) is 141 cm³/mol. The monoisotopic (exact) mass is 472 g/mol. The summed E-state index contributed by atoms with van der Waals surface area (Å²) in [6.45, 7) is 2.17. The number of fused-ring (bicyclic) bond motifs is 1. The fraction of sp³-hybridized carbons (Fsp3) is 0.387. The second kappa shape index (κ2) is 11.9. The number of allylic oxidation sites excluding steroid dienone is 2. The lowest BCUT2D eigenvalue weighted by molar-refractivity contribution is -0.116. The Morgan fingerprint density at radius 2 is 1.80 bits per heavy atom. The smallest absolute Gasteiger partial charge is 0.163 e. The highest BCUT2D eigenvalue weighted by Crippen LogP contribution is 2.34. The zero-order valence-corrected chi connectivity index (χ0v) is 20.6. The molecule has 0 amide bonds. The van der Waals surface area contributed by atoms with Crippen molar-refractivity contribution in [3.8, 4) is 17.2 Å². The molecule has 184 valence electrons. The van der Waals surface area contributed by atoms with Crippen molar-refractivity contribution in [2.45, 2.75) is 76.7 Å². The van der Waals surface area contributed by atoms with Crippen LogP contribution in [0.5, 0.6) is 17.2 Å². The molecule has 0 aromatic heterocycles. The molecule has 4 heteroatoms. The third-order valence-electron chi connectivity index (χ3n) is 6.91. The summed E-state index contributed by atoms with van der Waals surface area (Å²) in [6.07, 6.45) is 13.0. The van der Waals surface area contributed by atoms with Gasteiger partial charge in [0.1, 0.15) is 5.75 Å². The molecule has 1 fully saturated rings. The van der Waals surface area contributed by atoms with Crippen molar-refractivity contribution in [2.75, 3.05) is 0 Å². The summed E-state index contributed by atoms with van der Waals surface area (Å²) >= 11 is 0. The molecule has 3 aromatic carbocycles. The van der Waals surface area contributed by atoms with Crippen LogP contribution in [0.4, 0.5) is 0 Å². The standard InChI is InChI=1S/C31H36O4/c1-2-3-4-5-6-11-29(33)28(24-14-13-23-15-16-26(32)21-25(23)20-24)18-22-12-17-30(34)31(19-22)35-27-9-7-8-10-27/h6,11-17,19-21,27-28,32,34H,2-5,7-10,18H2,1H3/b11-6+/t28-/m1/s1. The van der Waals surface area contributed by atoms with Gasteiger partial charge in [-0.3, -0.25) is 4.79 Å². The first kappa shape index (κ1) is 24.8. The minimum Gasteiger partial charge on any atom is -0.508 e. The van der Waals surface area contributed by atoms with Gasteiger partial charge in [-0.25, -0.2) is 0 Å². The van der Waals surface area contributed by atoms with Crippen molar-refractivity contribution in [3.63, 3.8) is 0 Å². The SMILES string of the molecule is CCCCC/C=C/C(=O)[C@H](Cc1ccc(O)c(OC2CCCC2)c1)c1ccc2ccc(O)cc2c1. The van der Waals surface area contributed by atoms with Gasteiger partial charge in [0.25, 0.3) is 0 Å². The van der Waals surface area contributed by atoms with E-state index in [0.29, 0.717) is 12.2 Å². The van der Waals surface area contributed by atoms with Crippen LogP contribution in [0.15, 0.2) is 66.7 Å². The van der Waals surface area contributed by atoms with Crippen LogP contribution in [-0.4, -0.2) is 22.1 Å². The molecule has 0 heterocycles. The van der Waals surface area contributed by atoms with Crippen molar-refractivity contribution in [2.24, 2.45) is 0 Å². The number of carbonyl (C=O) groups is 1. The summed E-state index contributed by atoms with van der Waals surface area (Å²) in [7, 11) is 0. The molecule has 1 aliphatic rings. The number of carbonyl (C=O) groups excluding carboxylic acids is 1. The lowest BCUT2D eigenvalue weighted by Gasteiger charge is -2.18. The summed E-state index contributed by atoms with van der Waals surface area (Å²) in [5, 5.41) is 22.2. The third kappa shape index (κ3) is 6.66. The van der Waals surface area contributed by atoms with E-state index in [1.165, 1.54) is 0 Å². The molecule has 1 atom stereocenters. The van der Waals surface area contributed by atoms with E-state index in [9.17, 15) is 15.0 Å². The summed E-state index contributed by atoms with van der Waals surface area (Å²) in [5.41, 5.74) is 1.86. The van der Waals surface area contributed by atoms with Crippen LogP contribution in [0.25, 0.3) is 10.8 Å². The van der Waals surface area contributed by atoms with Crippen molar-refractivity contribution < 1.29 is 19.7 Å². The minimum absolute atomic E-state index is 0.0623. The average molecular weight is 473 g/mol. The highest BCUT2D eigenvalue weighted by Gasteiger charge is 2.22. The number of benzene rings is 3. The van der Waals surface area contributed by atoms with Gasteiger partial charge in [0, 0.05) is 0 Å². The summed E-state index contributed by atoms with van der Waals surface area (Å²) in [4.78, 5) is 13.4. The maximum absolute atomic E-state index is 13.4. The molecule has 1 aliphatic carbocycles. The van der Waals surface area contributed by atoms with Gasteiger partial charge in [-0.2, -0.15) is 0 Å². The molecule has 0 saturated heterocycles. The first-order chi connectivity index (χ1) is 17.0. The van der Waals surface area contributed by atoms with Gasteiger partial charge < -0.3 is 14.9 Å². The lowest BCUT2D eigenvalue weighted by atomic mass is 9.87. The first-order valence-corrected chi connectivity index (χ1v) is 12.9. The van der Waals surface area contributed by atoms with Gasteiger partial charge in [0.15, 0.2) is 17.3 Å². The number of rotatable bonds is 11. The summed E-state index contributed by atoms with van der Waals surface area (Å²) in [5.74, 6) is 0.542. The molecule has 4 nitrogen and oxygen atoms in total. The van der Waals surface area contributed by atoms with E-state index in [0.717, 1.165) is 73.3 Å². The molecule has 0 bridgehead atoms. The van der Waals surface area contributed by atoms with Crippen molar-refractivity contribution in [1.82, 2.24) is 0 Å². The van der Waals surface area contributed by atoms with E-state index in [2.05, 4.69) is 6.92 Å². The van der Waals surface area contributed by atoms with Crippen molar-refractivity contribution in [3.05, 3.63) is 77.9 Å². The maximum Gasteiger partial charge on any atom is 0.163 e. The number of phenolic OH excluding ortho intramolecular Hbond substituents is 2. The zero-order valence-electron chi connectivity index (χ0n) is 20.6. The third-order valence-corrected chi connectivity index (χ3v) is 6.91. The van der Waals surface area contributed by atoms with Gasteiger partial charge in [-0.1, -0.05) is 56.2 Å². The minimum atomic E-state index is -0.368. The molecule has 0 radical (unpaired) electrons. The topological polar surface area (TPSA) is 66.8 Å². The molecule has 3 aromatic rings. The second-order valence-corrected chi connectivity index (χ2v) is 9.67. The Kier molecular flexibility index (Phi) is 8.46. The quantitative estimate of drug-likeness (QED) is 0.223.